The number of hydrogen-bond acceptors (Lipinski definition) is 6. The summed E-state index contributed by atoms with van der Waals surface area (Å²) in [5, 5.41) is 17.1. The first-order chi connectivity index (χ1) is 17.0. The Morgan fingerprint density at radius 3 is 2.71 bits per heavy atom. The van der Waals surface area contributed by atoms with Crippen LogP contribution in [0.1, 0.15) is 48.4 Å². The monoisotopic (exact) mass is 469 g/mol. The summed E-state index contributed by atoms with van der Waals surface area (Å²) in [6.07, 6.45) is 8.03. The highest BCUT2D eigenvalue weighted by atomic mass is 16.5. The summed E-state index contributed by atoms with van der Waals surface area (Å²) in [6, 6.07) is 15.0. The van der Waals surface area contributed by atoms with Crippen molar-refractivity contribution in [1.82, 2.24) is 15.5 Å². The fourth-order valence-corrected chi connectivity index (χ4v) is 5.36. The van der Waals surface area contributed by atoms with Gasteiger partial charge in [0.25, 0.3) is 5.89 Å². The Morgan fingerprint density at radius 1 is 1.09 bits per heavy atom. The molecule has 178 valence electrons. The second kappa shape index (κ2) is 8.82. The molecule has 0 amide bonds. The lowest BCUT2D eigenvalue weighted by Crippen LogP contribution is -2.46. The number of fused-ring (bicyclic) bond motifs is 1. The Labute approximate surface area is 203 Å². The number of nitrogens with one attached hydrogen (secondary N) is 1. The first-order valence-electron chi connectivity index (χ1n) is 12.1. The molecule has 1 fully saturated rings. The average molecular weight is 470 g/mol. The highest BCUT2D eigenvalue weighted by molar-refractivity contribution is 5.72. The molecule has 2 aliphatic carbocycles. The van der Waals surface area contributed by atoms with Crippen LogP contribution in [0.15, 0.2) is 63.9 Å². The van der Waals surface area contributed by atoms with Gasteiger partial charge in [-0.25, -0.2) is 0 Å². The van der Waals surface area contributed by atoms with E-state index in [2.05, 4.69) is 46.6 Å². The summed E-state index contributed by atoms with van der Waals surface area (Å²) in [7, 11) is 0. The van der Waals surface area contributed by atoms with E-state index in [0.29, 0.717) is 24.6 Å². The number of aliphatic carboxylic acids is 1. The third-order valence-corrected chi connectivity index (χ3v) is 7.37. The van der Waals surface area contributed by atoms with Crippen LogP contribution in [0.3, 0.4) is 0 Å². The number of benzene rings is 2. The van der Waals surface area contributed by atoms with E-state index in [1.807, 2.05) is 18.2 Å². The van der Waals surface area contributed by atoms with Crippen LogP contribution in [0.4, 0.5) is 0 Å². The molecule has 2 heterocycles. The number of carboxylic acids is 1. The van der Waals surface area contributed by atoms with Crippen molar-refractivity contribution in [2.45, 2.75) is 51.1 Å². The molecule has 7 nitrogen and oxygen atoms in total. The molecule has 0 spiro atoms. The van der Waals surface area contributed by atoms with E-state index < -0.39 is 5.97 Å². The van der Waals surface area contributed by atoms with E-state index in [1.54, 1.807) is 12.5 Å². The lowest BCUT2D eigenvalue weighted by atomic mass is 9.78. The number of rotatable bonds is 6. The zero-order valence-corrected chi connectivity index (χ0v) is 19.5. The van der Waals surface area contributed by atoms with Crippen molar-refractivity contribution >= 4 is 5.97 Å². The molecule has 0 bridgehead atoms. The van der Waals surface area contributed by atoms with Crippen molar-refractivity contribution in [2.75, 3.05) is 0 Å². The van der Waals surface area contributed by atoms with E-state index in [9.17, 15) is 4.79 Å². The minimum atomic E-state index is -0.680. The second-order valence-corrected chi connectivity index (χ2v) is 9.69. The van der Waals surface area contributed by atoms with Crippen molar-refractivity contribution in [3.63, 3.8) is 0 Å². The Balaban J connectivity index is 1.20. The van der Waals surface area contributed by atoms with Gasteiger partial charge in [-0.15, -0.1) is 0 Å². The average Bonchev–Trinajstić information content (AvgIpc) is 3.53. The first-order valence-corrected chi connectivity index (χ1v) is 12.1. The van der Waals surface area contributed by atoms with Crippen LogP contribution in [-0.4, -0.2) is 27.3 Å². The topological polar surface area (TPSA) is 101 Å². The summed E-state index contributed by atoms with van der Waals surface area (Å²) < 4.78 is 10.8. The van der Waals surface area contributed by atoms with Crippen LogP contribution in [0.5, 0.6) is 0 Å². The van der Waals surface area contributed by atoms with E-state index in [1.165, 1.54) is 11.1 Å². The van der Waals surface area contributed by atoms with E-state index in [0.717, 1.165) is 47.1 Å². The predicted molar refractivity (Wildman–Crippen MR) is 131 cm³/mol. The SMILES string of the molecule is Cc1cc(-c2nc(-c3ccc4c(c3)CCCC4N[C@H]3C[C@H](C(=O)O)C3)no2)ccc1-c1ccoc1. The first kappa shape index (κ1) is 21.8. The normalized spacial score (nSPS) is 21.3. The molecule has 2 N–H and O–H groups in total. The van der Waals surface area contributed by atoms with Gasteiger partial charge in [-0.3, -0.25) is 4.79 Å². The highest BCUT2D eigenvalue weighted by Crippen LogP contribution is 2.36. The van der Waals surface area contributed by atoms with Gasteiger partial charge in [-0.05, 0) is 85.5 Å². The molecule has 1 unspecified atom stereocenters. The molecular weight excluding hydrogens is 442 g/mol. The third-order valence-electron chi connectivity index (χ3n) is 7.37. The van der Waals surface area contributed by atoms with E-state index >= 15 is 0 Å². The van der Waals surface area contributed by atoms with Crippen LogP contribution >= 0.6 is 0 Å². The largest absolute Gasteiger partial charge is 0.481 e. The number of aromatic nitrogens is 2. The molecule has 0 radical (unpaired) electrons. The van der Waals surface area contributed by atoms with Crippen LogP contribution < -0.4 is 5.32 Å². The fraction of sp³-hybridized carbons (Fsp3) is 0.321. The lowest BCUT2D eigenvalue weighted by molar-refractivity contribution is -0.145. The van der Waals surface area contributed by atoms with Crippen LogP contribution in [0, 0.1) is 12.8 Å². The Hall–Kier alpha value is -3.71. The molecule has 0 saturated heterocycles. The van der Waals surface area contributed by atoms with Crippen LogP contribution in [0.2, 0.25) is 0 Å². The molecule has 4 aromatic rings. The Bertz CT molecular complexity index is 1370. The molecule has 1 atom stereocenters. The van der Waals surface area contributed by atoms with Gasteiger partial charge in [-0.2, -0.15) is 4.98 Å². The lowest BCUT2D eigenvalue weighted by Gasteiger charge is -2.38. The molecule has 0 aliphatic heterocycles. The van der Waals surface area contributed by atoms with Crippen molar-refractivity contribution in [3.05, 3.63) is 71.7 Å². The number of hydrogen-bond donors (Lipinski definition) is 2. The quantitative estimate of drug-likeness (QED) is 0.368. The summed E-state index contributed by atoms with van der Waals surface area (Å²) in [6.45, 7) is 2.06. The molecule has 2 aliphatic rings. The Kier molecular flexibility index (Phi) is 5.49. The van der Waals surface area contributed by atoms with E-state index in [4.69, 9.17) is 14.0 Å². The van der Waals surface area contributed by atoms with Crippen LogP contribution in [0.25, 0.3) is 34.0 Å². The van der Waals surface area contributed by atoms with Crippen molar-refractivity contribution in [3.8, 4) is 34.0 Å². The molecule has 2 aromatic carbocycles. The summed E-state index contributed by atoms with van der Waals surface area (Å²) >= 11 is 0. The maximum atomic E-state index is 11.1. The number of furan rings is 1. The molecule has 35 heavy (non-hydrogen) atoms. The summed E-state index contributed by atoms with van der Waals surface area (Å²) in [5.41, 5.74) is 7.69. The fourth-order valence-electron chi connectivity index (χ4n) is 5.36. The van der Waals surface area contributed by atoms with Crippen molar-refractivity contribution < 1.29 is 18.8 Å². The predicted octanol–water partition coefficient (Wildman–Crippen LogP) is 5.80. The van der Waals surface area contributed by atoms with Gasteiger partial charge in [-0.1, -0.05) is 23.4 Å². The minimum absolute atomic E-state index is 0.198. The van der Waals surface area contributed by atoms with Gasteiger partial charge in [0.1, 0.15) is 0 Å². The van der Waals surface area contributed by atoms with Gasteiger partial charge < -0.3 is 19.4 Å². The minimum Gasteiger partial charge on any atom is -0.481 e. The Morgan fingerprint density at radius 2 is 1.94 bits per heavy atom. The molecule has 7 heteroatoms. The van der Waals surface area contributed by atoms with E-state index in [-0.39, 0.29) is 18.0 Å². The van der Waals surface area contributed by atoms with Crippen LogP contribution in [-0.2, 0) is 11.2 Å². The molecule has 2 aromatic heterocycles. The maximum absolute atomic E-state index is 11.1. The number of nitrogens with zero attached hydrogens (tertiary/aromatic N) is 2. The van der Waals surface area contributed by atoms with Gasteiger partial charge in [0.15, 0.2) is 0 Å². The second-order valence-electron chi connectivity index (χ2n) is 9.69. The zero-order valence-electron chi connectivity index (χ0n) is 19.5. The molecule has 6 rings (SSSR count). The van der Waals surface area contributed by atoms with Gasteiger partial charge in [0.05, 0.1) is 18.4 Å². The van der Waals surface area contributed by atoms with Gasteiger partial charge >= 0.3 is 5.97 Å². The summed E-state index contributed by atoms with van der Waals surface area (Å²) in [4.78, 5) is 15.8. The number of aryl methyl sites for hydroxylation is 2. The number of carbonyl (C=O) groups is 1. The molecular formula is C28H27N3O4. The number of carboxylic acid groups (broad SMARTS) is 1. The highest BCUT2D eigenvalue weighted by Gasteiger charge is 2.36. The molecule has 1 saturated carbocycles. The third kappa shape index (κ3) is 4.17. The zero-order chi connectivity index (χ0) is 23.9. The van der Waals surface area contributed by atoms with Gasteiger partial charge in [0.2, 0.25) is 5.82 Å². The maximum Gasteiger partial charge on any atom is 0.306 e. The van der Waals surface area contributed by atoms with Gasteiger partial charge in [0, 0.05) is 28.8 Å². The van der Waals surface area contributed by atoms with Crippen molar-refractivity contribution in [2.24, 2.45) is 5.92 Å². The smallest absolute Gasteiger partial charge is 0.306 e. The summed E-state index contributed by atoms with van der Waals surface area (Å²) in [5.74, 6) is 0.200. The van der Waals surface area contributed by atoms with Crippen molar-refractivity contribution in [1.29, 1.82) is 0 Å². The standard InChI is InChI=1S/C28H27N3O4/c1-16-11-19(6-7-23(16)20-9-10-34-15-20)27-30-26(31-35-27)18-5-8-24-17(12-18)3-2-4-25(24)29-22-13-21(14-22)28(32)33/h5-12,15,21-22,25,29H,2-4,13-14H2,1H3,(H,32,33)/t21-,22-,25?.